The van der Waals surface area contributed by atoms with Crippen LogP contribution in [0.1, 0.15) is 12.8 Å². The quantitative estimate of drug-likeness (QED) is 0.643. The van der Waals surface area contributed by atoms with Gasteiger partial charge in [0.05, 0.1) is 0 Å². The summed E-state index contributed by atoms with van der Waals surface area (Å²) in [5, 5.41) is 0. The summed E-state index contributed by atoms with van der Waals surface area (Å²) in [5.41, 5.74) is 0. The fourth-order valence-corrected chi connectivity index (χ4v) is 8.18. The Bertz CT molecular complexity index is 196. The minimum absolute atomic E-state index is 1.03. The Labute approximate surface area is 70.7 Å². The van der Waals surface area contributed by atoms with Gasteiger partial charge in [-0.3, -0.25) is 0 Å². The molecule has 0 unspecified atom stereocenters. The standard InChI is InChI=1S/C4H8N.CH3O2S.Sn/c1-2-4-5-3-1;1-4(2)3;/h1-4H2;1H3;/q-1;;+1. The molecule has 10 heavy (non-hydrogen) atoms. The van der Waals surface area contributed by atoms with Crippen LogP contribution in [0.3, 0.4) is 0 Å². The fourth-order valence-electron chi connectivity index (χ4n) is 1.04. The van der Waals surface area contributed by atoms with Gasteiger partial charge in [0.1, 0.15) is 0 Å². The molecule has 0 aromatic carbocycles. The first-order chi connectivity index (χ1) is 4.58. The molecular weight excluding hydrogens is 257 g/mol. The Hall–Kier alpha value is 0.709. The van der Waals surface area contributed by atoms with Crippen molar-refractivity contribution in [3.63, 3.8) is 0 Å². The molecule has 1 saturated heterocycles. The van der Waals surface area contributed by atoms with Gasteiger partial charge in [0.15, 0.2) is 0 Å². The summed E-state index contributed by atoms with van der Waals surface area (Å²) in [7, 11) is -2.61. The van der Waals surface area contributed by atoms with E-state index in [9.17, 15) is 8.42 Å². The number of nitrogens with zero attached hydrogens (tertiary/aromatic N) is 1. The normalized spacial score (nSPS) is 21.7. The van der Waals surface area contributed by atoms with E-state index in [1.807, 2.05) is 0 Å². The molecule has 1 rings (SSSR count). The second-order valence-electron chi connectivity index (χ2n) is 2.56. The van der Waals surface area contributed by atoms with Crippen LogP contribution in [0.15, 0.2) is 0 Å². The molecule has 0 spiro atoms. The van der Waals surface area contributed by atoms with Gasteiger partial charge in [-0.2, -0.15) is 0 Å². The third-order valence-electron chi connectivity index (χ3n) is 1.40. The zero-order valence-electron chi connectivity index (χ0n) is 6.00. The van der Waals surface area contributed by atoms with Gasteiger partial charge in [-0.1, -0.05) is 0 Å². The van der Waals surface area contributed by atoms with E-state index in [0.29, 0.717) is 0 Å². The topological polar surface area (TPSA) is 37.4 Å². The molecule has 0 atom stereocenters. The molecule has 3 nitrogen and oxygen atoms in total. The molecule has 1 heterocycles. The molecule has 0 N–H and O–H groups in total. The molecule has 5 heteroatoms. The molecule has 0 bridgehead atoms. The number of rotatable bonds is 2. The summed E-state index contributed by atoms with van der Waals surface area (Å²) in [5.74, 6) is 0. The molecule has 0 aliphatic carbocycles. The van der Waals surface area contributed by atoms with Crippen molar-refractivity contribution < 1.29 is 8.42 Å². The SMILES string of the molecule is C[S](=O)(=O)[Sn][N]1CCCC1. The van der Waals surface area contributed by atoms with Gasteiger partial charge in [0.25, 0.3) is 0 Å². The third-order valence-corrected chi connectivity index (χ3v) is 8.32. The molecular formula is C5H11NO2SSn. The molecule has 58 valence electrons. The van der Waals surface area contributed by atoms with Crippen LogP contribution in [0.2, 0.25) is 0 Å². The molecule has 0 aromatic rings. The van der Waals surface area contributed by atoms with Crippen LogP contribution in [-0.4, -0.2) is 50.9 Å². The average molecular weight is 268 g/mol. The first kappa shape index (κ1) is 8.80. The first-order valence-corrected chi connectivity index (χ1v) is 9.97. The maximum atomic E-state index is 10.8. The van der Waals surface area contributed by atoms with Crippen molar-refractivity contribution in [3.8, 4) is 0 Å². The van der Waals surface area contributed by atoms with E-state index in [-0.39, 0.29) is 0 Å². The van der Waals surface area contributed by atoms with Gasteiger partial charge in [-0.05, 0) is 0 Å². The minimum atomic E-state index is -2.61. The van der Waals surface area contributed by atoms with Crippen molar-refractivity contribution in [2.75, 3.05) is 19.3 Å². The molecule has 0 saturated carbocycles. The number of hydrogen-bond donors (Lipinski definition) is 0. The Morgan fingerprint density at radius 2 is 1.80 bits per heavy atom. The molecule has 0 aromatic heterocycles. The van der Waals surface area contributed by atoms with E-state index in [2.05, 4.69) is 3.12 Å². The second kappa shape index (κ2) is 3.40. The summed E-state index contributed by atoms with van der Waals surface area (Å²) in [4.78, 5) is 0. The summed E-state index contributed by atoms with van der Waals surface area (Å²) in [6.07, 6.45) is 3.74. The predicted molar refractivity (Wildman–Crippen MR) is 41.4 cm³/mol. The zero-order valence-corrected chi connectivity index (χ0v) is 9.67. The van der Waals surface area contributed by atoms with Gasteiger partial charge < -0.3 is 0 Å². The van der Waals surface area contributed by atoms with Crippen molar-refractivity contribution in [3.05, 3.63) is 0 Å². The van der Waals surface area contributed by atoms with Crippen molar-refractivity contribution in [1.29, 1.82) is 0 Å². The third kappa shape index (κ3) is 3.20. The monoisotopic (exact) mass is 269 g/mol. The molecule has 2 radical (unpaired) electrons. The van der Waals surface area contributed by atoms with Crippen molar-refractivity contribution in [1.82, 2.24) is 3.12 Å². The maximum absolute atomic E-state index is 10.8. The van der Waals surface area contributed by atoms with Gasteiger partial charge in [-0.15, -0.1) is 0 Å². The summed E-state index contributed by atoms with van der Waals surface area (Å²) in [6, 6.07) is 0. The van der Waals surface area contributed by atoms with Crippen LogP contribution in [0.4, 0.5) is 0 Å². The van der Waals surface area contributed by atoms with E-state index in [0.717, 1.165) is 13.1 Å². The van der Waals surface area contributed by atoms with Crippen LogP contribution in [0.25, 0.3) is 0 Å². The second-order valence-corrected chi connectivity index (χ2v) is 14.0. The van der Waals surface area contributed by atoms with Crippen LogP contribution in [0.5, 0.6) is 0 Å². The van der Waals surface area contributed by atoms with E-state index in [1.54, 1.807) is 0 Å². The number of hydrogen-bond acceptors (Lipinski definition) is 3. The van der Waals surface area contributed by atoms with Crippen LogP contribution >= 0.6 is 0 Å². The van der Waals surface area contributed by atoms with E-state index in [1.165, 1.54) is 19.1 Å². The van der Waals surface area contributed by atoms with Crippen molar-refractivity contribution in [2.24, 2.45) is 0 Å². The molecule has 1 aliphatic rings. The molecule has 0 amide bonds. The van der Waals surface area contributed by atoms with Gasteiger partial charge >= 0.3 is 70.8 Å². The Morgan fingerprint density at radius 3 is 2.20 bits per heavy atom. The van der Waals surface area contributed by atoms with Crippen molar-refractivity contribution in [2.45, 2.75) is 12.8 Å². The molecule has 1 aliphatic heterocycles. The summed E-state index contributed by atoms with van der Waals surface area (Å²) >= 11 is -1.24. The van der Waals surface area contributed by atoms with Crippen LogP contribution in [0, 0.1) is 0 Å². The molecule has 1 fully saturated rings. The van der Waals surface area contributed by atoms with Crippen LogP contribution in [-0.2, 0) is 7.02 Å². The Morgan fingerprint density at radius 1 is 1.30 bits per heavy atom. The van der Waals surface area contributed by atoms with Crippen LogP contribution < -0.4 is 0 Å². The summed E-state index contributed by atoms with van der Waals surface area (Å²) < 4.78 is 23.8. The van der Waals surface area contributed by atoms with E-state index in [4.69, 9.17) is 0 Å². The van der Waals surface area contributed by atoms with Gasteiger partial charge in [0.2, 0.25) is 0 Å². The van der Waals surface area contributed by atoms with Gasteiger partial charge in [-0.25, -0.2) is 0 Å². The summed E-state index contributed by atoms with van der Waals surface area (Å²) in [6.45, 7) is 2.05. The fraction of sp³-hybridized carbons (Fsp3) is 1.00. The predicted octanol–water partition coefficient (Wildman–Crippen LogP) is -0.339. The van der Waals surface area contributed by atoms with Gasteiger partial charge in [0, 0.05) is 0 Å². The van der Waals surface area contributed by atoms with E-state index < -0.39 is 27.1 Å². The van der Waals surface area contributed by atoms with E-state index >= 15 is 0 Å². The zero-order chi connectivity index (χ0) is 7.61. The first-order valence-electron chi connectivity index (χ1n) is 3.30. The van der Waals surface area contributed by atoms with Crippen molar-refractivity contribution >= 4 is 27.1 Å². The Kier molecular flexibility index (Phi) is 3.00. The average Bonchev–Trinajstić information content (AvgIpc) is 2.12. The Balaban J connectivity index is 2.38.